The minimum atomic E-state index is 0.522. The summed E-state index contributed by atoms with van der Waals surface area (Å²) < 4.78 is 0. The van der Waals surface area contributed by atoms with E-state index in [0.29, 0.717) is 5.70 Å². The summed E-state index contributed by atoms with van der Waals surface area (Å²) in [5.74, 6) is 0. The van der Waals surface area contributed by atoms with Gasteiger partial charge in [0, 0.05) is 7.05 Å². The van der Waals surface area contributed by atoms with Gasteiger partial charge in [-0.3, -0.25) is 4.79 Å². The predicted octanol–water partition coefficient (Wildman–Crippen LogP) is 0.169. The highest BCUT2D eigenvalue weighted by atomic mass is 16.1. The highest BCUT2D eigenvalue weighted by Gasteiger charge is 1.91. The molecule has 0 saturated carbocycles. The van der Waals surface area contributed by atoms with Crippen molar-refractivity contribution in [1.29, 1.82) is 0 Å². The molecule has 0 aliphatic carbocycles. The summed E-state index contributed by atoms with van der Waals surface area (Å²) in [6.45, 7) is 0. The predicted molar refractivity (Wildman–Crippen MR) is 41.7 cm³/mol. The second-order valence-electron chi connectivity index (χ2n) is 1.97. The van der Waals surface area contributed by atoms with Crippen molar-refractivity contribution in [2.45, 2.75) is 0 Å². The number of imidazole rings is 1. The van der Waals surface area contributed by atoms with Crippen LogP contribution in [0.1, 0.15) is 5.69 Å². The average molecular weight is 151 g/mol. The molecule has 1 aromatic rings. The molecule has 0 aliphatic rings. The molecule has 4 nitrogen and oxygen atoms in total. The number of allylic oxidation sites excluding steroid dienone is 1. The van der Waals surface area contributed by atoms with Crippen molar-refractivity contribution in [1.82, 2.24) is 15.3 Å². The monoisotopic (exact) mass is 151 g/mol. The molecule has 0 bridgehead atoms. The van der Waals surface area contributed by atoms with Crippen LogP contribution in [0.5, 0.6) is 0 Å². The SMILES string of the molecule is CN/C(C=O)=C/c1cnc[nH]1. The summed E-state index contributed by atoms with van der Waals surface area (Å²) >= 11 is 0. The molecule has 0 spiro atoms. The molecule has 0 saturated heterocycles. The zero-order valence-electron chi connectivity index (χ0n) is 6.16. The van der Waals surface area contributed by atoms with Gasteiger partial charge in [-0.2, -0.15) is 0 Å². The molecule has 2 N–H and O–H groups in total. The van der Waals surface area contributed by atoms with Gasteiger partial charge in [0.05, 0.1) is 23.9 Å². The third kappa shape index (κ3) is 1.93. The lowest BCUT2D eigenvalue weighted by Gasteiger charge is -1.93. The number of nitrogens with zero attached hydrogens (tertiary/aromatic N) is 1. The van der Waals surface area contributed by atoms with Crippen LogP contribution in [0, 0.1) is 0 Å². The number of aldehydes is 1. The van der Waals surface area contributed by atoms with Crippen LogP contribution in [0.2, 0.25) is 0 Å². The number of H-pyrrole nitrogens is 1. The van der Waals surface area contributed by atoms with Gasteiger partial charge in [-0.15, -0.1) is 0 Å². The maximum atomic E-state index is 10.3. The largest absolute Gasteiger partial charge is 0.385 e. The van der Waals surface area contributed by atoms with Crippen LogP contribution in [0.3, 0.4) is 0 Å². The van der Waals surface area contributed by atoms with E-state index >= 15 is 0 Å². The Kier molecular flexibility index (Phi) is 2.43. The summed E-state index contributed by atoms with van der Waals surface area (Å²) in [6, 6.07) is 0. The number of nitrogens with one attached hydrogen (secondary N) is 2. The number of hydrogen-bond acceptors (Lipinski definition) is 3. The van der Waals surface area contributed by atoms with Gasteiger partial charge in [-0.25, -0.2) is 4.98 Å². The molecule has 0 aromatic carbocycles. The minimum Gasteiger partial charge on any atom is -0.385 e. The van der Waals surface area contributed by atoms with Crippen molar-refractivity contribution >= 4 is 12.4 Å². The van der Waals surface area contributed by atoms with E-state index in [1.165, 1.54) is 0 Å². The van der Waals surface area contributed by atoms with Gasteiger partial charge in [0.1, 0.15) is 0 Å². The van der Waals surface area contributed by atoms with Crippen molar-refractivity contribution in [3.63, 3.8) is 0 Å². The Hall–Kier alpha value is -1.58. The summed E-state index contributed by atoms with van der Waals surface area (Å²) in [5, 5.41) is 2.74. The molecule has 0 atom stereocenters. The van der Waals surface area contributed by atoms with Gasteiger partial charge in [0.2, 0.25) is 0 Å². The van der Waals surface area contributed by atoms with Crippen LogP contribution in [0.25, 0.3) is 6.08 Å². The fourth-order valence-corrected chi connectivity index (χ4v) is 0.678. The van der Waals surface area contributed by atoms with Crippen molar-refractivity contribution in [3.05, 3.63) is 23.9 Å². The van der Waals surface area contributed by atoms with Crippen LogP contribution in [0.15, 0.2) is 18.2 Å². The third-order valence-corrected chi connectivity index (χ3v) is 1.25. The number of hydrogen-bond donors (Lipinski definition) is 2. The molecule has 58 valence electrons. The van der Waals surface area contributed by atoms with E-state index in [-0.39, 0.29) is 0 Å². The van der Waals surface area contributed by atoms with Gasteiger partial charge >= 0.3 is 0 Å². The molecular weight excluding hydrogens is 142 g/mol. The van der Waals surface area contributed by atoms with E-state index in [1.54, 1.807) is 25.6 Å². The number of aromatic amines is 1. The number of carbonyl (C=O) groups excluding carboxylic acids is 1. The molecule has 0 amide bonds. The van der Waals surface area contributed by atoms with Gasteiger partial charge in [0.25, 0.3) is 0 Å². The second-order valence-corrected chi connectivity index (χ2v) is 1.97. The molecule has 1 rings (SSSR count). The summed E-state index contributed by atoms with van der Waals surface area (Å²) in [6.07, 6.45) is 5.63. The van der Waals surface area contributed by atoms with E-state index in [4.69, 9.17) is 0 Å². The van der Waals surface area contributed by atoms with Crippen LogP contribution < -0.4 is 5.32 Å². The topological polar surface area (TPSA) is 57.8 Å². The Labute approximate surface area is 64.3 Å². The molecule has 4 heteroatoms. The smallest absolute Gasteiger partial charge is 0.165 e. The van der Waals surface area contributed by atoms with Gasteiger partial charge in [0.15, 0.2) is 6.29 Å². The Balaban J connectivity index is 2.79. The first-order valence-corrected chi connectivity index (χ1v) is 3.20. The highest BCUT2D eigenvalue weighted by molar-refractivity contribution is 5.79. The molecule has 11 heavy (non-hydrogen) atoms. The molecule has 1 heterocycles. The van der Waals surface area contributed by atoms with Crippen molar-refractivity contribution in [2.24, 2.45) is 0 Å². The summed E-state index contributed by atoms with van der Waals surface area (Å²) in [5.41, 5.74) is 1.33. The first-order chi connectivity index (χ1) is 5.36. The molecule has 0 radical (unpaired) electrons. The van der Waals surface area contributed by atoms with Gasteiger partial charge in [-0.05, 0) is 6.08 Å². The molecule has 1 aromatic heterocycles. The first-order valence-electron chi connectivity index (χ1n) is 3.20. The molecule has 0 aliphatic heterocycles. The lowest BCUT2D eigenvalue weighted by molar-refractivity contribution is -0.105. The maximum absolute atomic E-state index is 10.3. The Bertz CT molecular complexity index is 251. The molecular formula is C7H9N3O. The maximum Gasteiger partial charge on any atom is 0.165 e. The summed E-state index contributed by atoms with van der Waals surface area (Å²) in [7, 11) is 1.69. The van der Waals surface area contributed by atoms with Crippen molar-refractivity contribution in [2.75, 3.05) is 7.05 Å². The van der Waals surface area contributed by atoms with Crippen molar-refractivity contribution < 1.29 is 4.79 Å². The Morgan fingerprint density at radius 1 is 1.82 bits per heavy atom. The van der Waals surface area contributed by atoms with Crippen LogP contribution in [0.4, 0.5) is 0 Å². The fourth-order valence-electron chi connectivity index (χ4n) is 0.678. The second kappa shape index (κ2) is 3.55. The van der Waals surface area contributed by atoms with Gasteiger partial charge in [-0.1, -0.05) is 0 Å². The number of aromatic nitrogens is 2. The number of carbonyl (C=O) groups is 1. The molecule has 0 fully saturated rings. The highest BCUT2D eigenvalue weighted by Crippen LogP contribution is 1.96. The Morgan fingerprint density at radius 2 is 2.64 bits per heavy atom. The zero-order chi connectivity index (χ0) is 8.10. The first kappa shape index (κ1) is 7.53. The van der Waals surface area contributed by atoms with Crippen molar-refractivity contribution in [3.8, 4) is 0 Å². The van der Waals surface area contributed by atoms with Crippen LogP contribution in [-0.2, 0) is 4.79 Å². The minimum absolute atomic E-state index is 0.522. The van der Waals surface area contributed by atoms with E-state index in [1.807, 2.05) is 0 Å². The lowest BCUT2D eigenvalue weighted by Crippen LogP contribution is -2.05. The van der Waals surface area contributed by atoms with E-state index < -0.39 is 0 Å². The average Bonchev–Trinajstić information content (AvgIpc) is 2.52. The van der Waals surface area contributed by atoms with E-state index in [9.17, 15) is 4.79 Å². The quantitative estimate of drug-likeness (QED) is 0.478. The lowest BCUT2D eigenvalue weighted by atomic mass is 10.3. The zero-order valence-corrected chi connectivity index (χ0v) is 6.16. The van der Waals surface area contributed by atoms with Gasteiger partial charge < -0.3 is 10.3 Å². The normalized spacial score (nSPS) is 11.2. The number of likely N-dealkylation sites (N-methyl/N-ethyl adjacent to an activating group) is 1. The standard InChI is InChI=1S/C7H9N3O/c1-8-7(4-11)2-6-3-9-5-10-6/h2-5,8H,1H3,(H,9,10)/b7-2+. The van der Waals surface area contributed by atoms with E-state index in [0.717, 1.165) is 12.0 Å². The fraction of sp³-hybridized carbons (Fsp3) is 0.143. The third-order valence-electron chi connectivity index (χ3n) is 1.25. The molecule has 0 unspecified atom stereocenters. The summed E-state index contributed by atoms with van der Waals surface area (Å²) in [4.78, 5) is 16.9. The van der Waals surface area contributed by atoms with Crippen LogP contribution in [-0.4, -0.2) is 23.3 Å². The van der Waals surface area contributed by atoms with E-state index in [2.05, 4.69) is 15.3 Å². The Morgan fingerprint density at radius 3 is 3.09 bits per heavy atom. The van der Waals surface area contributed by atoms with Crippen LogP contribution >= 0.6 is 0 Å². The number of rotatable bonds is 3.